The second kappa shape index (κ2) is 5.01. The number of nitrogens with one attached hydrogen (secondary N) is 1. The summed E-state index contributed by atoms with van der Waals surface area (Å²) < 4.78 is 1.95. The zero-order chi connectivity index (χ0) is 13.1. The first-order valence-corrected chi connectivity index (χ1v) is 5.61. The Morgan fingerprint density at radius 2 is 2.33 bits per heavy atom. The molecule has 0 saturated carbocycles. The largest absolute Gasteiger partial charge is 0.478 e. The van der Waals surface area contributed by atoms with E-state index in [-0.39, 0.29) is 6.04 Å². The van der Waals surface area contributed by atoms with Crippen LogP contribution < -0.4 is 5.32 Å². The van der Waals surface area contributed by atoms with Crippen molar-refractivity contribution in [3.05, 3.63) is 42.2 Å². The van der Waals surface area contributed by atoms with E-state index >= 15 is 0 Å². The molecule has 18 heavy (non-hydrogen) atoms. The molecule has 0 radical (unpaired) electrons. The van der Waals surface area contributed by atoms with Crippen LogP contribution in [0.2, 0.25) is 0 Å². The van der Waals surface area contributed by atoms with E-state index in [0.29, 0.717) is 0 Å². The summed E-state index contributed by atoms with van der Waals surface area (Å²) in [6, 6.07) is 5.78. The van der Waals surface area contributed by atoms with Crippen molar-refractivity contribution < 1.29 is 9.90 Å². The molecule has 0 saturated heterocycles. The minimum Gasteiger partial charge on any atom is -0.478 e. The smallest absolute Gasteiger partial charge is 0.328 e. The fourth-order valence-corrected chi connectivity index (χ4v) is 1.90. The molecule has 1 atom stereocenters. The van der Waals surface area contributed by atoms with Gasteiger partial charge in [-0.2, -0.15) is 0 Å². The molecular formula is C13H15N3O2. The predicted molar refractivity (Wildman–Crippen MR) is 69.3 cm³/mol. The average Bonchev–Trinajstić information content (AvgIpc) is 2.71. The number of aromatic nitrogens is 2. The normalized spacial score (nSPS) is 13.2. The van der Waals surface area contributed by atoms with Gasteiger partial charge in [0.25, 0.3) is 0 Å². The SMILES string of the molecule is CNC(/C=C/C(=O)O)c1ccc2c(c1)ncn2C. The molecule has 5 heteroatoms. The van der Waals surface area contributed by atoms with Crippen LogP contribution in [0.25, 0.3) is 11.0 Å². The van der Waals surface area contributed by atoms with Crippen LogP contribution in [0.3, 0.4) is 0 Å². The Morgan fingerprint density at radius 3 is 3.00 bits per heavy atom. The van der Waals surface area contributed by atoms with Crippen LogP contribution >= 0.6 is 0 Å². The Bertz CT molecular complexity index is 601. The van der Waals surface area contributed by atoms with Crippen molar-refractivity contribution >= 4 is 17.0 Å². The number of nitrogens with zero attached hydrogens (tertiary/aromatic N) is 2. The van der Waals surface area contributed by atoms with Crippen LogP contribution in [-0.4, -0.2) is 27.7 Å². The van der Waals surface area contributed by atoms with Crippen LogP contribution in [-0.2, 0) is 11.8 Å². The van der Waals surface area contributed by atoms with Gasteiger partial charge >= 0.3 is 5.97 Å². The van der Waals surface area contributed by atoms with Crippen molar-refractivity contribution in [2.75, 3.05) is 7.05 Å². The van der Waals surface area contributed by atoms with Crippen molar-refractivity contribution in [2.45, 2.75) is 6.04 Å². The maximum Gasteiger partial charge on any atom is 0.328 e. The summed E-state index contributed by atoms with van der Waals surface area (Å²) in [5.41, 5.74) is 2.94. The zero-order valence-electron chi connectivity index (χ0n) is 10.3. The number of aliphatic carboxylic acids is 1. The van der Waals surface area contributed by atoms with Crippen LogP contribution in [0.5, 0.6) is 0 Å². The Morgan fingerprint density at radius 1 is 1.56 bits per heavy atom. The van der Waals surface area contributed by atoms with Crippen LogP contribution in [0.1, 0.15) is 11.6 Å². The van der Waals surface area contributed by atoms with Crippen LogP contribution in [0.4, 0.5) is 0 Å². The van der Waals surface area contributed by atoms with Gasteiger partial charge in [-0.05, 0) is 24.7 Å². The van der Waals surface area contributed by atoms with E-state index in [9.17, 15) is 4.79 Å². The Kier molecular flexibility index (Phi) is 3.43. The highest BCUT2D eigenvalue weighted by atomic mass is 16.4. The van der Waals surface area contributed by atoms with Gasteiger partial charge in [-0.1, -0.05) is 12.1 Å². The maximum absolute atomic E-state index is 10.5. The summed E-state index contributed by atoms with van der Waals surface area (Å²) in [6.07, 6.45) is 4.52. The van der Waals surface area contributed by atoms with Crippen molar-refractivity contribution in [3.8, 4) is 0 Å². The third-order valence-corrected chi connectivity index (χ3v) is 2.85. The van der Waals surface area contributed by atoms with Crippen molar-refractivity contribution in [2.24, 2.45) is 7.05 Å². The minimum absolute atomic E-state index is 0.132. The van der Waals surface area contributed by atoms with E-state index in [1.54, 1.807) is 19.5 Å². The first-order valence-electron chi connectivity index (χ1n) is 5.61. The molecule has 0 aliphatic rings. The average molecular weight is 245 g/mol. The Labute approximate surface area is 105 Å². The van der Waals surface area contributed by atoms with Crippen LogP contribution in [0.15, 0.2) is 36.7 Å². The van der Waals surface area contributed by atoms with Gasteiger partial charge < -0.3 is 15.0 Å². The summed E-state index contributed by atoms with van der Waals surface area (Å²) in [5.74, 6) is -0.950. The van der Waals surface area contributed by atoms with Crippen molar-refractivity contribution in [3.63, 3.8) is 0 Å². The zero-order valence-corrected chi connectivity index (χ0v) is 10.3. The summed E-state index contributed by atoms with van der Waals surface area (Å²) in [4.78, 5) is 14.8. The number of carboxylic acids is 1. The number of imidazole rings is 1. The number of aryl methyl sites for hydroxylation is 1. The number of fused-ring (bicyclic) bond motifs is 1. The third-order valence-electron chi connectivity index (χ3n) is 2.85. The van der Waals surface area contributed by atoms with Gasteiger partial charge in [-0.25, -0.2) is 9.78 Å². The lowest BCUT2D eigenvalue weighted by atomic mass is 10.1. The predicted octanol–water partition coefficient (Wildman–Crippen LogP) is 1.47. The summed E-state index contributed by atoms with van der Waals surface area (Å²) in [7, 11) is 3.73. The molecule has 5 nitrogen and oxygen atoms in total. The quantitative estimate of drug-likeness (QED) is 0.800. The second-order valence-electron chi connectivity index (χ2n) is 4.07. The van der Waals surface area contributed by atoms with Gasteiger partial charge in [0.1, 0.15) is 0 Å². The highest BCUT2D eigenvalue weighted by molar-refractivity contribution is 5.80. The van der Waals surface area contributed by atoms with Gasteiger partial charge in [0, 0.05) is 13.1 Å². The highest BCUT2D eigenvalue weighted by Gasteiger charge is 2.08. The number of hydrogen-bond donors (Lipinski definition) is 2. The van der Waals surface area contributed by atoms with Gasteiger partial charge in [0.2, 0.25) is 0 Å². The molecule has 0 amide bonds. The number of hydrogen-bond acceptors (Lipinski definition) is 3. The Balaban J connectivity index is 2.36. The standard InChI is InChI=1S/C13H15N3O2/c1-14-10(4-6-13(17)18)9-3-5-12-11(7-9)15-8-16(12)2/h3-8,10,14H,1-2H3,(H,17,18)/b6-4+. The fourth-order valence-electron chi connectivity index (χ4n) is 1.90. The molecular weight excluding hydrogens is 230 g/mol. The number of carboxylic acid groups (broad SMARTS) is 1. The lowest BCUT2D eigenvalue weighted by Crippen LogP contribution is -2.14. The lowest BCUT2D eigenvalue weighted by molar-refractivity contribution is -0.131. The topological polar surface area (TPSA) is 67.2 Å². The van der Waals surface area contributed by atoms with E-state index in [1.807, 2.05) is 29.8 Å². The highest BCUT2D eigenvalue weighted by Crippen LogP contribution is 2.20. The minimum atomic E-state index is -0.950. The van der Waals surface area contributed by atoms with Gasteiger partial charge in [0.05, 0.1) is 23.4 Å². The molecule has 0 fully saturated rings. The summed E-state index contributed by atoms with van der Waals surface area (Å²) in [5, 5.41) is 11.7. The number of benzene rings is 1. The number of carbonyl (C=O) groups is 1. The lowest BCUT2D eigenvalue weighted by Gasteiger charge is -2.11. The van der Waals surface area contributed by atoms with E-state index in [0.717, 1.165) is 22.7 Å². The molecule has 94 valence electrons. The van der Waals surface area contributed by atoms with Gasteiger partial charge in [0.15, 0.2) is 0 Å². The van der Waals surface area contributed by atoms with E-state index < -0.39 is 5.97 Å². The molecule has 1 unspecified atom stereocenters. The number of likely N-dealkylation sites (N-methyl/N-ethyl adjacent to an activating group) is 1. The Hall–Kier alpha value is -2.14. The monoisotopic (exact) mass is 245 g/mol. The van der Waals surface area contributed by atoms with Crippen LogP contribution in [0, 0.1) is 0 Å². The first kappa shape index (κ1) is 12.3. The molecule has 0 bridgehead atoms. The molecule has 1 heterocycles. The molecule has 0 aliphatic carbocycles. The summed E-state index contributed by atoms with van der Waals surface area (Å²) in [6.45, 7) is 0. The second-order valence-corrected chi connectivity index (χ2v) is 4.07. The first-order chi connectivity index (χ1) is 8.61. The van der Waals surface area contributed by atoms with E-state index in [1.165, 1.54) is 0 Å². The molecule has 2 N–H and O–H groups in total. The van der Waals surface area contributed by atoms with E-state index in [4.69, 9.17) is 5.11 Å². The molecule has 0 aliphatic heterocycles. The van der Waals surface area contributed by atoms with Crippen molar-refractivity contribution in [1.82, 2.24) is 14.9 Å². The maximum atomic E-state index is 10.5. The van der Waals surface area contributed by atoms with Crippen molar-refractivity contribution in [1.29, 1.82) is 0 Å². The van der Waals surface area contributed by atoms with E-state index in [2.05, 4.69) is 10.3 Å². The van der Waals surface area contributed by atoms with Gasteiger partial charge in [-0.3, -0.25) is 0 Å². The molecule has 1 aromatic heterocycles. The molecule has 0 spiro atoms. The molecule has 2 rings (SSSR count). The number of rotatable bonds is 4. The molecule has 1 aromatic carbocycles. The fraction of sp³-hybridized carbons (Fsp3) is 0.231. The molecule has 2 aromatic rings. The summed E-state index contributed by atoms with van der Waals surface area (Å²) >= 11 is 0. The van der Waals surface area contributed by atoms with Gasteiger partial charge in [-0.15, -0.1) is 0 Å². The third kappa shape index (κ3) is 2.41.